The number of halogens is 1. The van der Waals surface area contributed by atoms with E-state index >= 15 is 0 Å². The number of rotatable bonds is 8. The molecule has 0 atom stereocenters. The highest BCUT2D eigenvalue weighted by Crippen LogP contribution is 2.42. The lowest BCUT2D eigenvalue weighted by Crippen LogP contribution is -2.21. The van der Waals surface area contributed by atoms with Crippen molar-refractivity contribution in [1.29, 1.82) is 0 Å². The molecule has 1 aliphatic carbocycles. The van der Waals surface area contributed by atoms with E-state index in [2.05, 4.69) is 30.9 Å². The summed E-state index contributed by atoms with van der Waals surface area (Å²) < 4.78 is 68.4. The van der Waals surface area contributed by atoms with Gasteiger partial charge in [0.1, 0.15) is 4.90 Å². The molecular formula is C32H22ClN7O8S2. The van der Waals surface area contributed by atoms with Crippen LogP contribution in [-0.4, -0.2) is 51.2 Å². The number of pyridine rings is 1. The number of carbonyl (C=O) groups excluding carboxylic acids is 1. The van der Waals surface area contributed by atoms with Crippen LogP contribution >= 0.6 is 11.6 Å². The number of nitrogens with zero attached hydrogens (tertiary/aromatic N) is 4. The van der Waals surface area contributed by atoms with E-state index in [1.165, 1.54) is 47.0 Å². The van der Waals surface area contributed by atoms with Crippen LogP contribution in [0.25, 0.3) is 22.0 Å². The maximum atomic E-state index is 14.0. The van der Waals surface area contributed by atoms with Gasteiger partial charge in [0, 0.05) is 35.4 Å². The summed E-state index contributed by atoms with van der Waals surface area (Å²) in [6, 6.07) is 20.4. The first-order valence-electron chi connectivity index (χ1n) is 14.4. The molecule has 0 aliphatic heterocycles. The minimum atomic E-state index is -4.78. The lowest BCUT2D eigenvalue weighted by Gasteiger charge is -2.24. The van der Waals surface area contributed by atoms with Crippen molar-refractivity contribution in [2.75, 3.05) is 16.0 Å². The summed E-state index contributed by atoms with van der Waals surface area (Å²) >= 11 is 6.13. The van der Waals surface area contributed by atoms with Crippen molar-refractivity contribution in [2.24, 2.45) is 7.05 Å². The van der Waals surface area contributed by atoms with Gasteiger partial charge in [-0.05, 0) is 77.3 Å². The average molecular weight is 732 g/mol. The minimum Gasteiger partial charge on any atom is -0.354 e. The number of aromatic nitrogens is 4. The van der Waals surface area contributed by atoms with E-state index in [9.17, 15) is 35.5 Å². The smallest absolute Gasteiger partial charge is 0.296 e. The van der Waals surface area contributed by atoms with Crippen LogP contribution in [0.5, 0.6) is 0 Å². The van der Waals surface area contributed by atoms with Crippen LogP contribution < -0.4 is 21.5 Å². The molecule has 0 radical (unpaired) electrons. The van der Waals surface area contributed by atoms with Gasteiger partial charge in [0.05, 0.1) is 27.4 Å². The van der Waals surface area contributed by atoms with E-state index < -0.39 is 25.1 Å². The van der Waals surface area contributed by atoms with Gasteiger partial charge < -0.3 is 20.5 Å². The third-order valence-electron chi connectivity index (χ3n) is 7.90. The number of hydrogen-bond acceptors (Lipinski definition) is 12. The predicted molar refractivity (Wildman–Crippen MR) is 185 cm³/mol. The predicted octanol–water partition coefficient (Wildman–Crippen LogP) is 5.31. The second kappa shape index (κ2) is 12.0. The molecule has 0 amide bonds. The Balaban J connectivity index is 1.27. The van der Waals surface area contributed by atoms with E-state index in [0.717, 1.165) is 6.07 Å². The Morgan fingerprint density at radius 3 is 1.98 bits per heavy atom. The molecule has 0 spiro atoms. The average Bonchev–Trinajstić information content (AvgIpc) is 3.05. The summed E-state index contributed by atoms with van der Waals surface area (Å²) in [7, 11) is -7.59. The third kappa shape index (κ3) is 6.03. The SMILES string of the molecule is Cn1c(=O)cc2c3c(c(Nc4cc(Nc5nc(Cl)nc(Nc6ccc(S(=O)(=O)O)cc6)n5)ccc4S(=O)(=O)O)ccc31)C(=O)c1ccccc1-2. The number of ketones is 1. The summed E-state index contributed by atoms with van der Waals surface area (Å²) in [5.74, 6) is -0.472. The molecule has 18 heteroatoms. The van der Waals surface area contributed by atoms with Gasteiger partial charge in [0.25, 0.3) is 25.8 Å². The van der Waals surface area contributed by atoms with Crippen molar-refractivity contribution in [2.45, 2.75) is 9.79 Å². The standard InChI is InChI=1S/C32H22ClN7O8S2/c1-40-24-12-11-22(28-27(24)21(15-26(40)41)19-4-2-3-5-20(19)29(28)42)36-23-14-17(8-13-25(23)50(46,47)48)35-32-38-30(33)37-31(39-32)34-16-6-9-18(10-7-16)49(43,44)45/h2-15,36H,1H3,(H,43,44,45)(H,46,47,48)(H2,34,35,37,38,39). The molecule has 0 unspecified atom stereocenters. The molecule has 15 nitrogen and oxygen atoms in total. The van der Waals surface area contributed by atoms with Gasteiger partial charge in [0.15, 0.2) is 5.78 Å². The van der Waals surface area contributed by atoms with Crippen LogP contribution in [0.1, 0.15) is 15.9 Å². The van der Waals surface area contributed by atoms with Gasteiger partial charge in [0.2, 0.25) is 17.2 Å². The van der Waals surface area contributed by atoms with Crippen LogP contribution in [0, 0.1) is 0 Å². The molecule has 0 fully saturated rings. The normalized spacial score (nSPS) is 12.4. The summed E-state index contributed by atoms with van der Waals surface area (Å²) in [4.78, 5) is 38.3. The fourth-order valence-electron chi connectivity index (χ4n) is 5.66. The van der Waals surface area contributed by atoms with Crippen molar-refractivity contribution in [3.63, 3.8) is 0 Å². The number of aryl methyl sites for hydroxylation is 1. The second-order valence-electron chi connectivity index (χ2n) is 11.0. The van der Waals surface area contributed by atoms with Gasteiger partial charge in [-0.25, -0.2) is 0 Å². The first-order valence-corrected chi connectivity index (χ1v) is 17.7. The summed E-state index contributed by atoms with van der Waals surface area (Å²) in [6.07, 6.45) is 0. The molecular weight excluding hydrogens is 710 g/mol. The number of benzene rings is 4. The lowest BCUT2D eigenvalue weighted by molar-refractivity contribution is 0.104. The number of fused-ring (bicyclic) bond motifs is 2. The van der Waals surface area contributed by atoms with Gasteiger partial charge in [-0.3, -0.25) is 18.7 Å². The zero-order valence-corrected chi connectivity index (χ0v) is 27.8. The molecule has 2 aromatic heterocycles. The van der Waals surface area contributed by atoms with Crippen molar-refractivity contribution in [3.05, 3.63) is 112 Å². The zero-order valence-electron chi connectivity index (χ0n) is 25.4. The Hall–Kier alpha value is -5.72. The Labute approximate surface area is 288 Å². The van der Waals surface area contributed by atoms with Crippen molar-refractivity contribution < 1.29 is 30.7 Å². The molecule has 4 aromatic carbocycles. The summed E-state index contributed by atoms with van der Waals surface area (Å²) in [5.41, 5.74) is 2.62. The molecule has 0 saturated carbocycles. The van der Waals surface area contributed by atoms with E-state index in [1.807, 2.05) is 0 Å². The van der Waals surface area contributed by atoms with E-state index in [0.29, 0.717) is 33.3 Å². The number of carbonyl (C=O) groups is 1. The van der Waals surface area contributed by atoms with E-state index in [-0.39, 0.29) is 56.0 Å². The van der Waals surface area contributed by atoms with Crippen LogP contribution in [-0.2, 0) is 27.3 Å². The highest BCUT2D eigenvalue weighted by molar-refractivity contribution is 7.86. The fourth-order valence-corrected chi connectivity index (χ4v) is 6.93. The first-order chi connectivity index (χ1) is 23.7. The maximum Gasteiger partial charge on any atom is 0.296 e. The molecule has 0 bridgehead atoms. The maximum absolute atomic E-state index is 14.0. The van der Waals surface area contributed by atoms with Crippen molar-refractivity contribution in [3.8, 4) is 11.1 Å². The van der Waals surface area contributed by atoms with Gasteiger partial charge in [-0.2, -0.15) is 31.8 Å². The van der Waals surface area contributed by atoms with Crippen LogP contribution in [0.4, 0.5) is 34.6 Å². The minimum absolute atomic E-state index is 0.0423. The summed E-state index contributed by atoms with van der Waals surface area (Å²) in [5, 5.41) is 9.01. The van der Waals surface area contributed by atoms with Crippen LogP contribution in [0.15, 0.2) is 99.5 Å². The molecule has 252 valence electrons. The Morgan fingerprint density at radius 1 is 0.680 bits per heavy atom. The van der Waals surface area contributed by atoms with Crippen LogP contribution in [0.3, 0.4) is 0 Å². The largest absolute Gasteiger partial charge is 0.354 e. The Kier molecular flexibility index (Phi) is 7.88. The molecule has 0 saturated heterocycles. The highest BCUT2D eigenvalue weighted by Gasteiger charge is 2.30. The summed E-state index contributed by atoms with van der Waals surface area (Å²) in [6.45, 7) is 0. The van der Waals surface area contributed by atoms with Gasteiger partial charge in [-0.15, -0.1) is 0 Å². The number of nitrogens with one attached hydrogen (secondary N) is 3. The molecule has 6 aromatic rings. The molecule has 1 aliphatic rings. The van der Waals surface area contributed by atoms with Crippen LogP contribution in [0.2, 0.25) is 5.28 Å². The van der Waals surface area contributed by atoms with Gasteiger partial charge in [-0.1, -0.05) is 24.3 Å². The third-order valence-corrected chi connectivity index (χ3v) is 9.85. The zero-order chi connectivity index (χ0) is 35.5. The second-order valence-corrected chi connectivity index (χ2v) is 14.2. The Morgan fingerprint density at radius 2 is 1.32 bits per heavy atom. The van der Waals surface area contributed by atoms with E-state index in [1.54, 1.807) is 43.4 Å². The lowest BCUT2D eigenvalue weighted by atomic mass is 9.83. The van der Waals surface area contributed by atoms with Crippen molar-refractivity contribution in [1.82, 2.24) is 19.5 Å². The number of hydrogen-bond donors (Lipinski definition) is 5. The van der Waals surface area contributed by atoms with E-state index in [4.69, 9.17) is 11.6 Å². The molecule has 50 heavy (non-hydrogen) atoms. The molecule has 2 heterocycles. The van der Waals surface area contributed by atoms with Crippen molar-refractivity contribution >= 4 is 83.2 Å². The number of anilines is 6. The molecule has 5 N–H and O–H groups in total. The highest BCUT2D eigenvalue weighted by atomic mass is 35.5. The molecule has 7 rings (SSSR count). The Bertz CT molecular complexity index is 2700. The monoisotopic (exact) mass is 731 g/mol. The first kappa shape index (κ1) is 32.8. The fraction of sp³-hybridized carbons (Fsp3) is 0.0312. The van der Waals surface area contributed by atoms with Gasteiger partial charge >= 0.3 is 0 Å². The quantitative estimate of drug-likeness (QED) is 0.125. The topological polar surface area (TPSA) is 223 Å².